The van der Waals surface area contributed by atoms with Crippen LogP contribution in [0.5, 0.6) is 0 Å². The number of aromatic nitrogens is 4. The Kier molecular flexibility index (Phi) is 4.79. The van der Waals surface area contributed by atoms with Crippen LogP contribution in [-0.2, 0) is 25.4 Å². The van der Waals surface area contributed by atoms with E-state index in [2.05, 4.69) is 70.3 Å². The highest BCUT2D eigenvalue weighted by molar-refractivity contribution is 5.54. The smallest absolute Gasteiger partial charge is 0.196 e. The van der Waals surface area contributed by atoms with Crippen molar-refractivity contribution < 1.29 is 0 Å². The van der Waals surface area contributed by atoms with Gasteiger partial charge in [-0.05, 0) is 55.0 Å². The molecule has 5 heteroatoms. The van der Waals surface area contributed by atoms with Crippen molar-refractivity contribution in [1.29, 1.82) is 0 Å². The number of rotatable bonds is 4. The fourth-order valence-corrected chi connectivity index (χ4v) is 5.35. The Morgan fingerprint density at radius 3 is 2.27 bits per heavy atom. The lowest BCUT2D eigenvalue weighted by Crippen LogP contribution is -2.35. The van der Waals surface area contributed by atoms with E-state index in [1.807, 2.05) is 24.0 Å². The minimum Gasteiger partial charge on any atom is -0.365 e. The number of fused-ring (bicyclic) bond motifs is 1. The lowest BCUT2D eigenvalue weighted by Gasteiger charge is -2.43. The van der Waals surface area contributed by atoms with Crippen LogP contribution in [0, 0.1) is 6.92 Å². The van der Waals surface area contributed by atoms with E-state index in [0.717, 1.165) is 31.0 Å². The molecule has 2 aromatic heterocycles. The number of hydrogen-bond donors (Lipinski definition) is 0. The number of aryl methyl sites for hydroxylation is 2. The Morgan fingerprint density at radius 2 is 1.64 bits per heavy atom. The first-order valence-electron chi connectivity index (χ1n) is 11.9. The van der Waals surface area contributed by atoms with Crippen LogP contribution in [0.1, 0.15) is 47.2 Å². The Morgan fingerprint density at radius 1 is 0.909 bits per heavy atom. The van der Waals surface area contributed by atoms with Crippen molar-refractivity contribution in [2.75, 3.05) is 11.4 Å². The molecule has 33 heavy (non-hydrogen) atoms. The van der Waals surface area contributed by atoms with E-state index >= 15 is 0 Å². The Hall–Kier alpha value is -3.47. The average Bonchev–Trinajstić information content (AvgIpc) is 3.25. The van der Waals surface area contributed by atoms with Gasteiger partial charge in [0.2, 0.25) is 0 Å². The number of benzene rings is 2. The van der Waals surface area contributed by atoms with Gasteiger partial charge in [0.1, 0.15) is 0 Å². The van der Waals surface area contributed by atoms with Gasteiger partial charge in [-0.2, -0.15) is 0 Å². The maximum Gasteiger partial charge on any atom is 0.196 e. The summed E-state index contributed by atoms with van der Waals surface area (Å²) in [6.07, 6.45) is 10.4. The molecule has 0 unspecified atom stereocenters. The number of hydrogen-bond acceptors (Lipinski definition) is 4. The molecule has 2 aliphatic rings. The fraction of sp³-hybridized carbons (Fsp3) is 0.321. The largest absolute Gasteiger partial charge is 0.365 e. The summed E-state index contributed by atoms with van der Waals surface area (Å²) in [6, 6.07) is 18.4. The van der Waals surface area contributed by atoms with Crippen LogP contribution in [-0.4, -0.2) is 26.1 Å². The van der Waals surface area contributed by atoms with Crippen LogP contribution in [0.4, 0.5) is 5.69 Å². The van der Waals surface area contributed by atoms with Gasteiger partial charge in [-0.15, -0.1) is 0 Å². The highest BCUT2D eigenvalue weighted by Crippen LogP contribution is 2.49. The summed E-state index contributed by atoms with van der Waals surface area (Å²) in [6.45, 7) is 3.95. The minimum atomic E-state index is 0.185. The summed E-state index contributed by atoms with van der Waals surface area (Å²) < 4.78 is 1.96. The normalized spacial score (nSPS) is 16.8. The molecule has 0 amide bonds. The molecule has 1 aliphatic heterocycles. The quantitative estimate of drug-likeness (QED) is 0.441. The van der Waals surface area contributed by atoms with Gasteiger partial charge in [-0.3, -0.25) is 0 Å². The summed E-state index contributed by atoms with van der Waals surface area (Å²) >= 11 is 0. The lowest BCUT2D eigenvalue weighted by atomic mass is 9.60. The van der Waals surface area contributed by atoms with Gasteiger partial charge in [0.25, 0.3) is 0 Å². The average molecular weight is 436 g/mol. The maximum absolute atomic E-state index is 4.88. The summed E-state index contributed by atoms with van der Waals surface area (Å²) in [4.78, 5) is 16.3. The monoisotopic (exact) mass is 435 g/mol. The molecule has 0 radical (unpaired) electrons. The molecule has 1 aliphatic carbocycles. The molecule has 0 saturated heterocycles. The third-order valence-electron chi connectivity index (χ3n) is 7.56. The van der Waals surface area contributed by atoms with Crippen molar-refractivity contribution in [3.63, 3.8) is 0 Å². The third kappa shape index (κ3) is 3.43. The fourth-order valence-electron chi connectivity index (χ4n) is 5.35. The van der Waals surface area contributed by atoms with Gasteiger partial charge < -0.3 is 9.47 Å². The summed E-state index contributed by atoms with van der Waals surface area (Å²) in [5, 5.41) is 0. The molecule has 166 valence electrons. The molecule has 1 fully saturated rings. The standard InChI is InChI=1S/C28H29N5/c1-20-4-6-22(7-5-20)28(13-3-14-28)23-8-10-24(11-9-23)33-16-12-21-18-30-26(31-25(21)19-33)27-29-15-17-32(27)2/h4-11,15,17-18H,3,12-14,16,19H2,1-2H3. The molecule has 1 saturated carbocycles. The van der Waals surface area contributed by atoms with Crippen molar-refractivity contribution >= 4 is 5.69 Å². The maximum atomic E-state index is 4.88. The highest BCUT2D eigenvalue weighted by Gasteiger charge is 2.40. The van der Waals surface area contributed by atoms with E-state index in [4.69, 9.17) is 4.98 Å². The van der Waals surface area contributed by atoms with E-state index in [-0.39, 0.29) is 5.41 Å². The minimum absolute atomic E-state index is 0.185. The van der Waals surface area contributed by atoms with Gasteiger partial charge in [-0.25, -0.2) is 15.0 Å². The molecule has 6 rings (SSSR count). The molecule has 4 aromatic rings. The second-order valence-corrected chi connectivity index (χ2v) is 9.55. The Bertz CT molecular complexity index is 1280. The van der Waals surface area contributed by atoms with Crippen LogP contribution in [0.25, 0.3) is 11.6 Å². The molecule has 2 aromatic carbocycles. The predicted molar refractivity (Wildman–Crippen MR) is 131 cm³/mol. The zero-order valence-electron chi connectivity index (χ0n) is 19.3. The van der Waals surface area contributed by atoms with E-state index < -0.39 is 0 Å². The first kappa shape index (κ1) is 20.2. The van der Waals surface area contributed by atoms with Crippen LogP contribution in [0.15, 0.2) is 67.1 Å². The van der Waals surface area contributed by atoms with Gasteiger partial charge in [0, 0.05) is 43.3 Å². The van der Waals surface area contributed by atoms with Crippen LogP contribution in [0.3, 0.4) is 0 Å². The molecular formula is C28H29N5. The second-order valence-electron chi connectivity index (χ2n) is 9.55. The number of imidazole rings is 1. The topological polar surface area (TPSA) is 46.8 Å². The molecular weight excluding hydrogens is 406 g/mol. The van der Waals surface area contributed by atoms with Crippen LogP contribution >= 0.6 is 0 Å². The Balaban J connectivity index is 1.25. The van der Waals surface area contributed by atoms with E-state index in [1.54, 1.807) is 6.20 Å². The number of nitrogens with zero attached hydrogens (tertiary/aromatic N) is 5. The highest BCUT2D eigenvalue weighted by atomic mass is 15.2. The van der Waals surface area contributed by atoms with Crippen molar-refractivity contribution in [3.8, 4) is 11.6 Å². The molecule has 0 bridgehead atoms. The Labute approximate surface area is 195 Å². The first-order chi connectivity index (χ1) is 16.1. The molecule has 5 nitrogen and oxygen atoms in total. The summed E-state index contributed by atoms with van der Waals surface area (Å²) in [5.74, 6) is 1.50. The molecule has 0 N–H and O–H groups in total. The lowest BCUT2D eigenvalue weighted by molar-refractivity contribution is 0.301. The van der Waals surface area contributed by atoms with Crippen LogP contribution in [0.2, 0.25) is 0 Å². The van der Waals surface area contributed by atoms with Gasteiger partial charge in [-0.1, -0.05) is 48.4 Å². The molecule has 3 heterocycles. The van der Waals surface area contributed by atoms with Crippen molar-refractivity contribution in [2.24, 2.45) is 7.05 Å². The SMILES string of the molecule is Cc1ccc(C2(c3ccc(N4CCc5cnc(-c6nccn6C)nc5C4)cc3)CCC2)cc1. The predicted octanol–water partition coefficient (Wildman–Crippen LogP) is 5.22. The van der Waals surface area contributed by atoms with Gasteiger partial charge >= 0.3 is 0 Å². The van der Waals surface area contributed by atoms with E-state index in [1.165, 1.54) is 47.2 Å². The van der Waals surface area contributed by atoms with Crippen LogP contribution < -0.4 is 4.90 Å². The zero-order valence-corrected chi connectivity index (χ0v) is 19.3. The summed E-state index contributed by atoms with van der Waals surface area (Å²) in [5.41, 5.74) is 8.02. The first-order valence-corrected chi connectivity index (χ1v) is 11.9. The number of anilines is 1. The van der Waals surface area contributed by atoms with Crippen molar-refractivity contribution in [2.45, 2.75) is 44.6 Å². The van der Waals surface area contributed by atoms with E-state index in [0.29, 0.717) is 5.82 Å². The summed E-state index contributed by atoms with van der Waals surface area (Å²) in [7, 11) is 1.98. The molecule has 0 spiro atoms. The van der Waals surface area contributed by atoms with E-state index in [9.17, 15) is 0 Å². The van der Waals surface area contributed by atoms with Crippen molar-refractivity contribution in [3.05, 3.63) is 95.1 Å². The zero-order chi connectivity index (χ0) is 22.4. The molecule has 0 atom stereocenters. The van der Waals surface area contributed by atoms with Crippen molar-refractivity contribution in [1.82, 2.24) is 19.5 Å². The third-order valence-corrected chi connectivity index (χ3v) is 7.56. The second kappa shape index (κ2) is 7.84. The van der Waals surface area contributed by atoms with Gasteiger partial charge in [0.15, 0.2) is 11.6 Å². The van der Waals surface area contributed by atoms with Gasteiger partial charge in [0.05, 0.1) is 12.2 Å².